The van der Waals surface area contributed by atoms with Crippen molar-refractivity contribution in [3.05, 3.63) is 0 Å². The van der Waals surface area contributed by atoms with E-state index in [0.29, 0.717) is 38.3 Å². The maximum absolute atomic E-state index is 13.0. The number of fused-ring (bicyclic) bond motifs is 1. The Morgan fingerprint density at radius 2 is 1.70 bits per heavy atom. The second kappa shape index (κ2) is 7.33. The lowest BCUT2D eigenvalue weighted by molar-refractivity contribution is -0.0408. The molecule has 0 aromatic heterocycles. The Hall–Kier alpha value is -0.250. The van der Waals surface area contributed by atoms with Crippen molar-refractivity contribution in [1.82, 2.24) is 18.4 Å². The van der Waals surface area contributed by atoms with E-state index in [1.807, 2.05) is 7.05 Å². The summed E-state index contributed by atoms with van der Waals surface area (Å²) in [5, 5.41) is 0. The molecule has 23 heavy (non-hydrogen) atoms. The van der Waals surface area contributed by atoms with Gasteiger partial charge in [-0.2, -0.15) is 17.0 Å². The normalized spacial score (nSPS) is 32.8. The lowest BCUT2D eigenvalue weighted by Gasteiger charge is -2.51. The molecular weight excluding hydrogens is 316 g/mol. The van der Waals surface area contributed by atoms with E-state index < -0.39 is 10.2 Å². The van der Waals surface area contributed by atoms with Crippen molar-refractivity contribution in [2.75, 3.05) is 66.6 Å². The second-order valence-electron chi connectivity index (χ2n) is 7.01. The fourth-order valence-electron chi connectivity index (χ4n) is 3.95. The number of rotatable bonds is 4. The first-order valence-corrected chi connectivity index (χ1v) is 10.1. The summed E-state index contributed by atoms with van der Waals surface area (Å²) < 4.78 is 34.7. The van der Waals surface area contributed by atoms with Crippen molar-refractivity contribution in [3.63, 3.8) is 0 Å². The minimum atomic E-state index is -3.32. The van der Waals surface area contributed by atoms with Crippen molar-refractivity contribution >= 4 is 10.2 Å². The number of nitrogens with zero attached hydrogens (tertiary/aromatic N) is 4. The smallest absolute Gasteiger partial charge is 0.282 e. The molecule has 3 saturated heterocycles. The van der Waals surface area contributed by atoms with Crippen LogP contribution in [0.3, 0.4) is 0 Å². The molecule has 0 saturated carbocycles. The molecule has 0 aromatic rings. The van der Waals surface area contributed by atoms with Crippen LogP contribution in [-0.4, -0.2) is 105 Å². The van der Waals surface area contributed by atoms with Crippen molar-refractivity contribution in [1.29, 1.82) is 0 Å². The molecule has 0 unspecified atom stereocenters. The fraction of sp³-hybridized carbons (Fsp3) is 1.00. The van der Waals surface area contributed by atoms with Crippen LogP contribution in [0.1, 0.15) is 19.3 Å². The molecule has 0 aromatic carbocycles. The van der Waals surface area contributed by atoms with E-state index in [0.717, 1.165) is 45.5 Å². The van der Waals surface area contributed by atoms with Gasteiger partial charge in [0.2, 0.25) is 0 Å². The van der Waals surface area contributed by atoms with E-state index in [2.05, 4.69) is 9.80 Å². The van der Waals surface area contributed by atoms with Crippen LogP contribution in [-0.2, 0) is 14.9 Å². The molecule has 0 spiro atoms. The second-order valence-corrected chi connectivity index (χ2v) is 8.94. The van der Waals surface area contributed by atoms with Gasteiger partial charge in [0.1, 0.15) is 0 Å². The van der Waals surface area contributed by atoms with Gasteiger partial charge >= 0.3 is 0 Å². The predicted molar refractivity (Wildman–Crippen MR) is 89.6 cm³/mol. The standard InChI is InChI=1S/C15H30N4O3S/c1-16-7-9-17(10-8-16)23(20,21)18-5-3-4-6-19-14(12-18)11-15(19)13-22-2/h14-15H,3-13H2,1-2H3/t14-,15+/m1/s1. The highest BCUT2D eigenvalue weighted by molar-refractivity contribution is 7.86. The Morgan fingerprint density at radius 1 is 1.00 bits per heavy atom. The molecule has 3 aliphatic rings. The summed E-state index contributed by atoms with van der Waals surface area (Å²) in [5.41, 5.74) is 0. The Bertz CT molecular complexity index is 493. The van der Waals surface area contributed by atoms with Crippen LogP contribution >= 0.6 is 0 Å². The quantitative estimate of drug-likeness (QED) is 0.697. The summed E-state index contributed by atoms with van der Waals surface area (Å²) >= 11 is 0. The largest absolute Gasteiger partial charge is 0.383 e. The summed E-state index contributed by atoms with van der Waals surface area (Å²) in [6.45, 7) is 5.97. The summed E-state index contributed by atoms with van der Waals surface area (Å²) in [5.74, 6) is 0. The third-order valence-electron chi connectivity index (χ3n) is 5.44. The Balaban J connectivity index is 1.65. The van der Waals surface area contributed by atoms with Crippen molar-refractivity contribution < 1.29 is 13.2 Å². The number of hydrogen-bond acceptors (Lipinski definition) is 5. The number of ether oxygens (including phenoxy) is 1. The van der Waals surface area contributed by atoms with Crippen LogP contribution < -0.4 is 0 Å². The average Bonchev–Trinajstić information content (AvgIpc) is 2.49. The minimum absolute atomic E-state index is 0.359. The van der Waals surface area contributed by atoms with Gasteiger partial charge in [-0.25, -0.2) is 0 Å². The van der Waals surface area contributed by atoms with E-state index in [-0.39, 0.29) is 0 Å². The molecule has 2 atom stereocenters. The van der Waals surface area contributed by atoms with Gasteiger partial charge in [0.25, 0.3) is 10.2 Å². The molecule has 7 nitrogen and oxygen atoms in total. The van der Waals surface area contributed by atoms with Crippen molar-refractivity contribution in [2.24, 2.45) is 0 Å². The van der Waals surface area contributed by atoms with E-state index in [1.54, 1.807) is 15.7 Å². The molecule has 0 aliphatic carbocycles. The average molecular weight is 346 g/mol. The van der Waals surface area contributed by atoms with Gasteiger partial charge in [0, 0.05) is 58.5 Å². The molecule has 3 heterocycles. The molecular formula is C15H30N4O3S. The molecule has 134 valence electrons. The number of hydrogen-bond donors (Lipinski definition) is 0. The van der Waals surface area contributed by atoms with E-state index >= 15 is 0 Å². The number of piperazine rings is 1. The van der Waals surface area contributed by atoms with Gasteiger partial charge in [-0.15, -0.1) is 0 Å². The van der Waals surface area contributed by atoms with Crippen LogP contribution in [0.5, 0.6) is 0 Å². The minimum Gasteiger partial charge on any atom is -0.383 e. The number of methoxy groups -OCH3 is 1. The monoisotopic (exact) mass is 346 g/mol. The van der Waals surface area contributed by atoms with Gasteiger partial charge in [-0.1, -0.05) is 0 Å². The molecule has 3 fully saturated rings. The van der Waals surface area contributed by atoms with Crippen LogP contribution in [0.4, 0.5) is 0 Å². The zero-order chi connectivity index (χ0) is 16.4. The predicted octanol–water partition coefficient (Wildman–Crippen LogP) is -0.336. The third kappa shape index (κ3) is 3.72. The Kier molecular flexibility index (Phi) is 5.60. The summed E-state index contributed by atoms with van der Waals surface area (Å²) in [7, 11) is 0.463. The first-order chi connectivity index (χ1) is 11.0. The van der Waals surface area contributed by atoms with E-state index in [9.17, 15) is 8.42 Å². The van der Waals surface area contributed by atoms with Gasteiger partial charge in [-0.05, 0) is 32.9 Å². The van der Waals surface area contributed by atoms with Gasteiger partial charge < -0.3 is 9.64 Å². The maximum Gasteiger partial charge on any atom is 0.282 e. The van der Waals surface area contributed by atoms with Crippen LogP contribution in [0.25, 0.3) is 0 Å². The highest BCUT2D eigenvalue weighted by Crippen LogP contribution is 2.30. The summed E-state index contributed by atoms with van der Waals surface area (Å²) in [6, 6.07) is 0.828. The molecule has 0 N–H and O–H groups in total. The maximum atomic E-state index is 13.0. The van der Waals surface area contributed by atoms with Crippen LogP contribution in [0, 0.1) is 0 Å². The highest BCUT2D eigenvalue weighted by atomic mass is 32.2. The zero-order valence-electron chi connectivity index (χ0n) is 14.4. The Morgan fingerprint density at radius 3 is 2.39 bits per heavy atom. The van der Waals surface area contributed by atoms with Gasteiger partial charge in [0.15, 0.2) is 0 Å². The molecule has 0 radical (unpaired) electrons. The zero-order valence-corrected chi connectivity index (χ0v) is 15.2. The SMILES string of the molecule is COC[C@@H]1C[C@@H]2CN(S(=O)(=O)N3CCN(C)CC3)CCCCN12. The summed E-state index contributed by atoms with van der Waals surface area (Å²) in [6.07, 6.45) is 3.05. The lowest BCUT2D eigenvalue weighted by atomic mass is 9.91. The first-order valence-electron chi connectivity index (χ1n) is 8.71. The fourth-order valence-corrected chi connectivity index (χ4v) is 5.62. The van der Waals surface area contributed by atoms with Gasteiger partial charge in [-0.3, -0.25) is 4.90 Å². The lowest BCUT2D eigenvalue weighted by Crippen LogP contribution is -2.64. The third-order valence-corrected chi connectivity index (χ3v) is 7.45. The topological polar surface area (TPSA) is 56.3 Å². The van der Waals surface area contributed by atoms with Gasteiger partial charge in [0.05, 0.1) is 6.61 Å². The molecule has 3 rings (SSSR count). The van der Waals surface area contributed by atoms with Crippen molar-refractivity contribution in [3.8, 4) is 0 Å². The molecule has 0 bridgehead atoms. The van der Waals surface area contributed by atoms with Crippen molar-refractivity contribution in [2.45, 2.75) is 31.3 Å². The molecule has 3 aliphatic heterocycles. The molecule has 8 heteroatoms. The Labute approximate surface area is 140 Å². The summed E-state index contributed by atoms with van der Waals surface area (Å²) in [4.78, 5) is 4.62. The van der Waals surface area contributed by atoms with E-state index in [1.165, 1.54) is 0 Å². The van der Waals surface area contributed by atoms with Crippen LogP contribution in [0.15, 0.2) is 0 Å². The number of likely N-dealkylation sites (N-methyl/N-ethyl adjacent to an activating group) is 1. The van der Waals surface area contributed by atoms with Crippen LogP contribution in [0.2, 0.25) is 0 Å². The first kappa shape index (κ1) is 17.6. The molecule has 0 amide bonds. The highest BCUT2D eigenvalue weighted by Gasteiger charge is 2.42. The van der Waals surface area contributed by atoms with E-state index in [4.69, 9.17) is 4.74 Å².